The Morgan fingerprint density at radius 1 is 1.32 bits per heavy atom. The molecule has 4 N–H and O–H groups in total. The maximum atomic E-state index is 10.6. The molecule has 0 aromatic carbocycles. The average molecular weight is 284 g/mol. The number of nitrogens with zero attached hydrogens (tertiary/aromatic N) is 1. The lowest BCUT2D eigenvalue weighted by Gasteiger charge is -2.10. The minimum absolute atomic E-state index is 0.0596. The van der Waals surface area contributed by atoms with Crippen molar-refractivity contribution in [1.82, 2.24) is 0 Å². The molecule has 0 saturated heterocycles. The van der Waals surface area contributed by atoms with Crippen LogP contribution in [0.25, 0.3) is 0 Å². The first-order chi connectivity index (χ1) is 8.64. The molecule has 3 atom stereocenters. The van der Waals surface area contributed by atoms with Gasteiger partial charge in [-0.1, -0.05) is 5.16 Å². The molecule has 7 nitrogen and oxygen atoms in total. The van der Waals surface area contributed by atoms with Gasteiger partial charge in [0.05, 0.1) is 5.92 Å². The quantitative estimate of drug-likeness (QED) is 0.632. The van der Waals surface area contributed by atoms with Crippen LogP contribution in [0.1, 0.15) is 12.8 Å². The predicted octanol–water partition coefficient (Wildman–Crippen LogP) is 0.196. The lowest BCUT2D eigenvalue weighted by atomic mass is 10.00. The highest BCUT2D eigenvalue weighted by Crippen LogP contribution is 2.33. The molecule has 0 amide bonds. The van der Waals surface area contributed by atoms with Gasteiger partial charge in [-0.2, -0.15) is 13.2 Å². The molecule has 0 aromatic rings. The van der Waals surface area contributed by atoms with Gasteiger partial charge < -0.3 is 20.8 Å². The molecule has 1 aliphatic heterocycles. The Balaban J connectivity index is 0.000000224. The summed E-state index contributed by atoms with van der Waals surface area (Å²) in [6.45, 7) is 0. The first-order valence-corrected chi connectivity index (χ1v) is 5.17. The van der Waals surface area contributed by atoms with Gasteiger partial charge in [-0.25, -0.2) is 9.59 Å². The van der Waals surface area contributed by atoms with Crippen LogP contribution in [0, 0.1) is 5.92 Å². The van der Waals surface area contributed by atoms with Gasteiger partial charge >= 0.3 is 18.1 Å². The number of alkyl halides is 3. The number of rotatable bonds is 1. The van der Waals surface area contributed by atoms with E-state index in [4.69, 9.17) is 25.6 Å². The second-order valence-electron chi connectivity index (χ2n) is 4.00. The van der Waals surface area contributed by atoms with E-state index in [1.165, 1.54) is 0 Å². The first kappa shape index (κ1) is 15.2. The molecule has 0 aromatic heterocycles. The van der Waals surface area contributed by atoms with Gasteiger partial charge in [0.15, 0.2) is 11.8 Å². The van der Waals surface area contributed by atoms with Crippen molar-refractivity contribution in [1.29, 1.82) is 0 Å². The summed E-state index contributed by atoms with van der Waals surface area (Å²) >= 11 is 0. The van der Waals surface area contributed by atoms with Gasteiger partial charge in [-0.15, -0.1) is 0 Å². The van der Waals surface area contributed by atoms with Crippen LogP contribution >= 0.6 is 0 Å². The van der Waals surface area contributed by atoms with Crippen molar-refractivity contribution in [2.24, 2.45) is 16.8 Å². The Labute approximate surface area is 104 Å². The maximum absolute atomic E-state index is 10.6. The Hall–Kier alpha value is -1.84. The van der Waals surface area contributed by atoms with Crippen molar-refractivity contribution in [3.63, 3.8) is 0 Å². The molecule has 1 aliphatic carbocycles. The van der Waals surface area contributed by atoms with Crippen LogP contribution in [-0.2, 0) is 14.4 Å². The number of fused-ring (bicyclic) bond motifs is 1. The van der Waals surface area contributed by atoms with Crippen molar-refractivity contribution in [3.05, 3.63) is 0 Å². The third-order valence-corrected chi connectivity index (χ3v) is 2.72. The lowest BCUT2D eigenvalue weighted by molar-refractivity contribution is -0.192. The fraction of sp³-hybridized carbons (Fsp3) is 0.667. The summed E-state index contributed by atoms with van der Waals surface area (Å²) in [5.41, 5.74) is 5.82. The van der Waals surface area contributed by atoms with Gasteiger partial charge in [0.25, 0.3) is 0 Å². The summed E-state index contributed by atoms with van der Waals surface area (Å²) in [6, 6.07) is -0.0596. The highest BCUT2D eigenvalue weighted by atomic mass is 19.4. The van der Waals surface area contributed by atoms with Crippen molar-refractivity contribution in [3.8, 4) is 0 Å². The van der Waals surface area contributed by atoms with Crippen LogP contribution < -0.4 is 5.73 Å². The molecule has 0 spiro atoms. The van der Waals surface area contributed by atoms with Crippen LogP contribution in [0.5, 0.6) is 0 Å². The highest BCUT2D eigenvalue weighted by Gasteiger charge is 2.45. The minimum Gasteiger partial charge on any atom is -0.477 e. The van der Waals surface area contributed by atoms with Gasteiger partial charge in [0.1, 0.15) is 0 Å². The van der Waals surface area contributed by atoms with Crippen molar-refractivity contribution >= 4 is 17.7 Å². The molecule has 1 fully saturated rings. The highest BCUT2D eigenvalue weighted by molar-refractivity contribution is 6.36. The monoisotopic (exact) mass is 284 g/mol. The summed E-state index contributed by atoms with van der Waals surface area (Å²) in [6.07, 6.45) is -3.69. The first-order valence-electron chi connectivity index (χ1n) is 5.17. The normalized spacial score (nSPS) is 28.6. The average Bonchev–Trinajstić information content (AvgIpc) is 2.81. The second-order valence-corrected chi connectivity index (χ2v) is 4.00. The van der Waals surface area contributed by atoms with Crippen LogP contribution in [0.2, 0.25) is 0 Å². The van der Waals surface area contributed by atoms with E-state index in [1.54, 1.807) is 0 Å². The molecule has 0 bridgehead atoms. The largest absolute Gasteiger partial charge is 0.490 e. The van der Waals surface area contributed by atoms with E-state index in [1.807, 2.05) is 0 Å². The maximum Gasteiger partial charge on any atom is 0.490 e. The van der Waals surface area contributed by atoms with Crippen molar-refractivity contribution < 1.29 is 37.8 Å². The summed E-state index contributed by atoms with van der Waals surface area (Å²) < 4.78 is 31.7. The number of halogens is 3. The summed E-state index contributed by atoms with van der Waals surface area (Å²) in [5, 5.41) is 19.3. The van der Waals surface area contributed by atoms with E-state index < -0.39 is 18.1 Å². The molecule has 2 aliphatic rings. The molecule has 10 heteroatoms. The number of hydrogen-bond acceptors (Lipinski definition) is 5. The van der Waals surface area contributed by atoms with E-state index in [9.17, 15) is 18.0 Å². The van der Waals surface area contributed by atoms with E-state index >= 15 is 0 Å². The van der Waals surface area contributed by atoms with E-state index in [0.29, 0.717) is 0 Å². The number of carboxylic acids is 2. The number of aliphatic carboxylic acids is 2. The number of nitrogens with two attached hydrogens (primary N) is 1. The van der Waals surface area contributed by atoms with E-state index in [2.05, 4.69) is 5.16 Å². The van der Waals surface area contributed by atoms with Gasteiger partial charge in [-0.05, 0) is 12.8 Å². The van der Waals surface area contributed by atoms with Gasteiger partial charge in [0, 0.05) is 6.04 Å². The molecule has 19 heavy (non-hydrogen) atoms. The third kappa shape index (κ3) is 3.56. The van der Waals surface area contributed by atoms with E-state index in [-0.39, 0.29) is 23.8 Å². The summed E-state index contributed by atoms with van der Waals surface area (Å²) in [5.74, 6) is -3.83. The summed E-state index contributed by atoms with van der Waals surface area (Å²) in [7, 11) is 0. The topological polar surface area (TPSA) is 122 Å². The predicted molar refractivity (Wildman–Crippen MR) is 54.3 cm³/mol. The fourth-order valence-corrected chi connectivity index (χ4v) is 1.83. The molecular formula is C9H11F3N2O5. The Kier molecular flexibility index (Phi) is 4.35. The van der Waals surface area contributed by atoms with Gasteiger partial charge in [-0.3, -0.25) is 0 Å². The van der Waals surface area contributed by atoms with Crippen molar-refractivity contribution in [2.75, 3.05) is 0 Å². The number of hydrogen-bond donors (Lipinski definition) is 3. The molecule has 1 heterocycles. The van der Waals surface area contributed by atoms with Crippen molar-refractivity contribution in [2.45, 2.75) is 31.2 Å². The molecule has 2 rings (SSSR count). The van der Waals surface area contributed by atoms with Crippen LogP contribution in [0.4, 0.5) is 13.2 Å². The van der Waals surface area contributed by atoms with Crippen LogP contribution in [-0.4, -0.2) is 46.2 Å². The van der Waals surface area contributed by atoms with Gasteiger partial charge in [0.2, 0.25) is 0 Å². The third-order valence-electron chi connectivity index (χ3n) is 2.72. The molecular weight excluding hydrogens is 273 g/mol. The molecule has 0 radical (unpaired) electrons. The summed E-state index contributed by atoms with van der Waals surface area (Å²) in [4.78, 5) is 24.4. The standard InChI is InChI=1S/C7H10N2O3.C2HF3O2/c8-4-2-1-3-5(7(10)11)9-12-6(3)4;3-2(4,5)1(6)7/h3-4,6H,1-2,8H2,(H,10,11);(H,6,7)/t3-,4+,6+;/m0./s1. The van der Waals surface area contributed by atoms with Crippen LogP contribution in [0.15, 0.2) is 5.16 Å². The Morgan fingerprint density at radius 2 is 1.84 bits per heavy atom. The van der Waals surface area contributed by atoms with Crippen LogP contribution in [0.3, 0.4) is 0 Å². The zero-order valence-electron chi connectivity index (χ0n) is 9.42. The Morgan fingerprint density at radius 3 is 2.26 bits per heavy atom. The SMILES string of the molecule is N[C@@H]1CC[C@H]2C(C(=O)O)=NO[C@@H]12.O=C(O)C(F)(F)F. The zero-order chi connectivity index (χ0) is 14.8. The molecule has 108 valence electrons. The minimum atomic E-state index is -5.08. The molecule has 1 saturated carbocycles. The fourth-order valence-electron chi connectivity index (χ4n) is 1.83. The lowest BCUT2D eigenvalue weighted by Crippen LogP contribution is -2.34. The van der Waals surface area contributed by atoms with E-state index in [0.717, 1.165) is 12.8 Å². The second kappa shape index (κ2) is 5.43. The molecule has 0 unspecified atom stereocenters. The smallest absolute Gasteiger partial charge is 0.477 e. The number of oxime groups is 1. The Bertz CT molecular complexity index is 409. The number of carbonyl (C=O) groups is 2. The number of carboxylic acid groups (broad SMARTS) is 2. The zero-order valence-corrected chi connectivity index (χ0v) is 9.42.